The second-order valence-corrected chi connectivity index (χ2v) is 14.3. The van der Waals surface area contributed by atoms with E-state index >= 15 is 0 Å². The summed E-state index contributed by atoms with van der Waals surface area (Å²) in [6, 6.07) is 20.2. The summed E-state index contributed by atoms with van der Waals surface area (Å²) in [7, 11) is 0. The largest absolute Gasteiger partial charge is 1.00 e. The van der Waals surface area contributed by atoms with Crippen LogP contribution in [-0.2, 0) is 24.0 Å². The van der Waals surface area contributed by atoms with E-state index in [9.17, 15) is 0 Å². The molecule has 1 fully saturated rings. The predicted octanol–water partition coefficient (Wildman–Crippen LogP) is 7.46. The van der Waals surface area contributed by atoms with Crippen LogP contribution in [-0.4, -0.2) is 33.1 Å². The van der Waals surface area contributed by atoms with Gasteiger partial charge in [-0.15, -0.1) is 22.7 Å². The molecular formula is C33H35Br2ClN5NaOS2. The van der Waals surface area contributed by atoms with Crippen molar-refractivity contribution >= 4 is 92.4 Å². The number of benzene rings is 2. The van der Waals surface area contributed by atoms with Crippen LogP contribution in [0.4, 0.5) is 5.82 Å². The maximum Gasteiger partial charge on any atom is 1.00 e. The summed E-state index contributed by atoms with van der Waals surface area (Å²) in [4.78, 5) is 17.1. The molecule has 45 heavy (non-hydrogen) atoms. The van der Waals surface area contributed by atoms with Gasteiger partial charge in [0.1, 0.15) is 5.82 Å². The molecule has 1 aliphatic heterocycles. The Balaban J connectivity index is 0.000000233. The van der Waals surface area contributed by atoms with E-state index in [1.54, 1.807) is 17.5 Å². The van der Waals surface area contributed by atoms with E-state index in [1.807, 2.05) is 42.6 Å². The Morgan fingerprint density at radius 3 is 1.93 bits per heavy atom. The molecule has 0 unspecified atom stereocenters. The summed E-state index contributed by atoms with van der Waals surface area (Å²) in [5, 5.41) is 1.12. The number of anilines is 1. The fourth-order valence-corrected chi connectivity index (χ4v) is 7.23. The first kappa shape index (κ1) is 38.0. The standard InChI is InChI=1S/C15H13BrN2S.C7H3BrClNS.C7H10N2.C4H8O.Na.H/c1-2-10-5-6-17-12(7-10)9-15-18-13-4-3-11(16)8-14(13)19-15;8-4-1-2-5-6(3-4)11-7(9)10-5;1-2-6-3-4-9-7(8)5-6;1-2-4-5-3-1;;/h3-8H,2,9H2,1H3;1-3H;3-5H,2H2,1H3,(H2,8,9);1-4H2;;/q;;;;+1;-1. The summed E-state index contributed by atoms with van der Waals surface area (Å²) in [6.07, 6.45) is 9.05. The van der Waals surface area contributed by atoms with E-state index < -0.39 is 0 Å². The minimum atomic E-state index is 0. The number of ether oxygens (including phenoxy) is 1. The number of hydrogen-bond acceptors (Lipinski definition) is 8. The van der Waals surface area contributed by atoms with Gasteiger partial charge < -0.3 is 11.9 Å². The molecule has 12 heteroatoms. The van der Waals surface area contributed by atoms with Crippen LogP contribution in [0.15, 0.2) is 82.0 Å². The average Bonchev–Trinajstić information content (AvgIpc) is 3.79. The van der Waals surface area contributed by atoms with Gasteiger partial charge in [0.15, 0.2) is 4.47 Å². The Labute approximate surface area is 318 Å². The van der Waals surface area contributed by atoms with Gasteiger partial charge in [-0.1, -0.05) is 57.3 Å². The minimum absolute atomic E-state index is 0. The van der Waals surface area contributed by atoms with Crippen molar-refractivity contribution in [2.75, 3.05) is 18.9 Å². The molecule has 2 aromatic carbocycles. The quantitative estimate of drug-likeness (QED) is 0.187. The number of aryl methyl sites for hydroxylation is 2. The molecule has 232 valence electrons. The zero-order valence-corrected chi connectivity index (χ0v) is 33.2. The van der Waals surface area contributed by atoms with Crippen molar-refractivity contribution in [2.24, 2.45) is 0 Å². The molecule has 0 radical (unpaired) electrons. The summed E-state index contributed by atoms with van der Waals surface area (Å²) in [5.41, 5.74) is 11.1. The van der Waals surface area contributed by atoms with Crippen LogP contribution in [0.3, 0.4) is 0 Å². The molecule has 6 aromatic rings. The second kappa shape index (κ2) is 20.0. The Morgan fingerprint density at radius 2 is 1.38 bits per heavy atom. The van der Waals surface area contributed by atoms with Gasteiger partial charge in [-0.05, 0) is 97.5 Å². The van der Waals surface area contributed by atoms with Gasteiger partial charge in [0.25, 0.3) is 0 Å². The molecule has 0 atom stereocenters. The fourth-order valence-electron chi connectivity index (χ4n) is 4.12. The van der Waals surface area contributed by atoms with Gasteiger partial charge in [-0.3, -0.25) is 4.98 Å². The van der Waals surface area contributed by atoms with Crippen molar-refractivity contribution in [2.45, 2.75) is 46.0 Å². The summed E-state index contributed by atoms with van der Waals surface area (Å²) >= 11 is 15.8. The molecule has 5 heterocycles. The number of pyridine rings is 2. The zero-order chi connectivity index (χ0) is 31.3. The Bertz CT molecular complexity index is 1780. The van der Waals surface area contributed by atoms with Crippen LogP contribution in [0.1, 0.15) is 49.9 Å². The van der Waals surface area contributed by atoms with Crippen LogP contribution in [0.25, 0.3) is 20.4 Å². The summed E-state index contributed by atoms with van der Waals surface area (Å²) < 4.78 is 10.0. The molecule has 0 bridgehead atoms. The molecule has 1 aliphatic rings. The zero-order valence-electron chi connectivity index (χ0n) is 26.6. The number of fused-ring (bicyclic) bond motifs is 2. The summed E-state index contributed by atoms with van der Waals surface area (Å²) in [6.45, 7) is 6.25. The smallest absolute Gasteiger partial charge is 1.00 e. The SMILES string of the molecule is C1CCOC1.CCc1ccnc(Cc2nc3ccc(Br)cc3s2)c1.CCc1ccnc(N)c1.Clc1nc2ccc(Br)cc2s1.[H-].[Na+]. The van der Waals surface area contributed by atoms with E-state index in [2.05, 4.69) is 89.9 Å². The first-order valence-electron chi connectivity index (χ1n) is 14.3. The molecule has 1 saturated heterocycles. The van der Waals surface area contributed by atoms with Gasteiger partial charge in [-0.25, -0.2) is 15.0 Å². The number of hydrogen-bond donors (Lipinski definition) is 1. The van der Waals surface area contributed by atoms with Crippen molar-refractivity contribution in [1.82, 2.24) is 19.9 Å². The maximum atomic E-state index is 5.73. The van der Waals surface area contributed by atoms with E-state index in [4.69, 9.17) is 22.1 Å². The molecule has 0 amide bonds. The van der Waals surface area contributed by atoms with E-state index in [1.165, 1.54) is 40.0 Å². The molecule has 0 saturated carbocycles. The summed E-state index contributed by atoms with van der Waals surface area (Å²) in [5.74, 6) is 0.606. The molecule has 6 nitrogen and oxygen atoms in total. The average molecular weight is 800 g/mol. The molecule has 2 N–H and O–H groups in total. The Morgan fingerprint density at radius 1 is 0.800 bits per heavy atom. The van der Waals surface area contributed by atoms with Gasteiger partial charge in [0.2, 0.25) is 0 Å². The number of nitrogens with two attached hydrogens (primary N) is 1. The van der Waals surface area contributed by atoms with Crippen LogP contribution in [0.5, 0.6) is 0 Å². The molecule has 0 aliphatic carbocycles. The number of rotatable bonds is 4. The van der Waals surface area contributed by atoms with Gasteiger partial charge in [0, 0.05) is 46.7 Å². The number of nitrogen functional groups attached to an aromatic ring is 1. The van der Waals surface area contributed by atoms with Gasteiger partial charge in [0.05, 0.1) is 25.4 Å². The van der Waals surface area contributed by atoms with E-state index in [-0.39, 0.29) is 31.0 Å². The Kier molecular flexibility index (Phi) is 16.9. The number of aromatic nitrogens is 4. The third-order valence-electron chi connectivity index (χ3n) is 6.42. The fraction of sp³-hybridized carbons (Fsp3) is 0.273. The normalized spacial score (nSPS) is 11.8. The van der Waals surface area contributed by atoms with Crippen molar-refractivity contribution in [3.63, 3.8) is 0 Å². The Hall–Kier alpha value is -1.47. The van der Waals surface area contributed by atoms with Gasteiger partial charge >= 0.3 is 29.6 Å². The number of halogens is 3. The van der Waals surface area contributed by atoms with Crippen molar-refractivity contribution < 1.29 is 35.7 Å². The third-order valence-corrected chi connectivity index (χ3v) is 9.55. The van der Waals surface area contributed by atoms with Crippen molar-refractivity contribution in [3.05, 3.63) is 108 Å². The molecule has 4 aromatic heterocycles. The monoisotopic (exact) mass is 797 g/mol. The third kappa shape index (κ3) is 12.9. The molecule has 7 rings (SSSR count). The molecular weight excluding hydrogens is 765 g/mol. The van der Waals surface area contributed by atoms with Crippen molar-refractivity contribution in [1.29, 1.82) is 0 Å². The van der Waals surface area contributed by atoms with E-state index in [0.717, 1.165) is 67.9 Å². The molecule has 0 spiro atoms. The van der Waals surface area contributed by atoms with Crippen LogP contribution < -0.4 is 35.3 Å². The van der Waals surface area contributed by atoms with Crippen molar-refractivity contribution in [3.8, 4) is 0 Å². The first-order chi connectivity index (χ1) is 21.3. The maximum absolute atomic E-state index is 5.73. The minimum Gasteiger partial charge on any atom is -1.00 e. The van der Waals surface area contributed by atoms with Crippen LogP contribution in [0, 0.1) is 0 Å². The second-order valence-electron chi connectivity index (χ2n) is 9.75. The van der Waals surface area contributed by atoms with Crippen LogP contribution >= 0.6 is 66.1 Å². The van der Waals surface area contributed by atoms with Gasteiger partial charge in [-0.2, -0.15) is 0 Å². The predicted molar refractivity (Wildman–Crippen MR) is 195 cm³/mol. The number of thiazole rings is 2. The number of nitrogens with zero attached hydrogens (tertiary/aromatic N) is 4. The van der Waals surface area contributed by atoms with E-state index in [0.29, 0.717) is 10.3 Å². The first-order valence-corrected chi connectivity index (χ1v) is 17.9. The van der Waals surface area contributed by atoms with Crippen LogP contribution in [0.2, 0.25) is 4.47 Å². The topological polar surface area (TPSA) is 86.8 Å².